The van der Waals surface area contributed by atoms with Crippen molar-refractivity contribution in [3.8, 4) is 0 Å². The van der Waals surface area contributed by atoms with Gasteiger partial charge in [-0.15, -0.1) is 0 Å². The van der Waals surface area contributed by atoms with E-state index in [1.54, 1.807) is 6.33 Å². The first-order valence-electron chi connectivity index (χ1n) is 11.7. The fraction of sp³-hybridized carbons (Fsp3) is 0.400. The second-order valence-corrected chi connectivity index (χ2v) is 10.3. The molecule has 2 aliphatic heterocycles. The summed E-state index contributed by atoms with van der Waals surface area (Å²) in [5.41, 5.74) is 8.84. The first kappa shape index (κ1) is 22.7. The number of nitrogens with two attached hydrogens (primary N) is 1. The number of benzene rings is 1. The molecule has 0 bridgehead atoms. The molecular weight excluding hydrogens is 512 g/mol. The van der Waals surface area contributed by atoms with Gasteiger partial charge in [0.15, 0.2) is 12.0 Å². The Labute approximate surface area is 211 Å². The van der Waals surface area contributed by atoms with Crippen molar-refractivity contribution in [2.45, 2.75) is 57.0 Å². The minimum absolute atomic E-state index is 0.131. The summed E-state index contributed by atoms with van der Waals surface area (Å²) in [6, 6.07) is 10.3. The fourth-order valence-corrected chi connectivity index (χ4v) is 5.49. The summed E-state index contributed by atoms with van der Waals surface area (Å²) in [5.74, 6) is 0.588. The number of fused-ring (bicyclic) bond motifs is 3. The van der Waals surface area contributed by atoms with Crippen LogP contribution >= 0.6 is 15.9 Å². The lowest BCUT2D eigenvalue weighted by Gasteiger charge is -2.25. The molecule has 4 atom stereocenters. The van der Waals surface area contributed by atoms with Crippen LogP contribution in [0.15, 0.2) is 47.3 Å². The maximum atomic E-state index is 6.58. The molecule has 4 aromatic rings. The predicted octanol–water partition coefficient (Wildman–Crippen LogP) is 4.42. The normalized spacial score (nSPS) is 25.4. The monoisotopic (exact) mass is 538 g/mol. The number of nitrogens with zero attached hydrogens (tertiary/aromatic N) is 4. The van der Waals surface area contributed by atoms with Gasteiger partial charge in [-0.05, 0) is 66.4 Å². The molecule has 0 saturated carbocycles. The molecule has 0 amide bonds. The van der Waals surface area contributed by atoms with E-state index in [9.17, 15) is 0 Å². The third-order valence-corrected chi connectivity index (χ3v) is 7.36. The quantitative estimate of drug-likeness (QED) is 0.384. The summed E-state index contributed by atoms with van der Waals surface area (Å²) in [6.07, 6.45) is 4.24. The Morgan fingerprint density at radius 1 is 1.14 bits per heavy atom. The molecule has 3 aromatic heterocycles. The van der Waals surface area contributed by atoms with E-state index in [1.807, 2.05) is 43.8 Å². The highest BCUT2D eigenvalue weighted by Crippen LogP contribution is 2.45. The van der Waals surface area contributed by atoms with Crippen LogP contribution < -0.4 is 11.1 Å². The molecule has 2 aliphatic rings. The largest absolute Gasteiger partial charge is 0.383 e. The third-order valence-electron chi connectivity index (χ3n) is 6.73. The van der Waals surface area contributed by atoms with E-state index in [4.69, 9.17) is 19.9 Å². The van der Waals surface area contributed by atoms with Crippen molar-refractivity contribution in [1.29, 1.82) is 0 Å². The summed E-state index contributed by atoms with van der Waals surface area (Å²) in [6.45, 7) is 3.90. The van der Waals surface area contributed by atoms with E-state index >= 15 is 0 Å². The highest BCUT2D eigenvalue weighted by molar-refractivity contribution is 9.10. The lowest BCUT2D eigenvalue weighted by atomic mass is 10.0. The smallest absolute Gasteiger partial charge is 0.164 e. The highest BCUT2D eigenvalue weighted by atomic mass is 79.9. The van der Waals surface area contributed by atoms with Gasteiger partial charge >= 0.3 is 0 Å². The molecule has 6 rings (SSSR count). The lowest BCUT2D eigenvalue weighted by molar-refractivity contribution is -0.196. The maximum Gasteiger partial charge on any atom is 0.164 e. The van der Waals surface area contributed by atoms with Crippen molar-refractivity contribution in [3.05, 3.63) is 52.9 Å². The molecule has 0 unspecified atom stereocenters. The molecule has 9 nitrogen and oxygen atoms in total. The molecule has 1 aromatic carbocycles. The number of halogens is 1. The Kier molecular flexibility index (Phi) is 5.44. The van der Waals surface area contributed by atoms with Crippen LogP contribution in [0.3, 0.4) is 0 Å². The average Bonchev–Trinajstić information content (AvgIpc) is 3.49. The number of nitrogens with one attached hydrogen (secondary N) is 1. The number of aromatic nitrogens is 4. The van der Waals surface area contributed by atoms with Gasteiger partial charge in [-0.1, -0.05) is 12.1 Å². The molecule has 35 heavy (non-hydrogen) atoms. The first-order valence-corrected chi connectivity index (χ1v) is 12.5. The van der Waals surface area contributed by atoms with Crippen LogP contribution in [0.5, 0.6) is 0 Å². The lowest BCUT2D eigenvalue weighted by Crippen LogP contribution is -2.29. The van der Waals surface area contributed by atoms with Gasteiger partial charge in [0.1, 0.15) is 35.8 Å². The molecule has 0 spiro atoms. The number of hydrogen-bond donors (Lipinski definition) is 2. The highest BCUT2D eigenvalue weighted by Gasteiger charge is 2.55. The summed E-state index contributed by atoms with van der Waals surface area (Å²) < 4.78 is 22.1. The standard InChI is InChI=1S/C25H27BrN6O3/c1-25(2)34-19-18(7-5-13-4-6-14-11-16(26)21(27)31-17(14)10-13)33-24(20(19)35-25)32-9-8-15-22(28-3)29-12-30-23(15)32/h4,6,8-12,18-20,24H,5,7H2,1-3H3,(H2,27,31)(H,28,29,30)/t18-,19-,20-,24-/m1/s1. The Hall–Kier alpha value is -2.79. The van der Waals surface area contributed by atoms with Crippen molar-refractivity contribution in [3.63, 3.8) is 0 Å². The van der Waals surface area contributed by atoms with E-state index in [1.165, 1.54) is 5.56 Å². The summed E-state index contributed by atoms with van der Waals surface area (Å²) in [5, 5.41) is 5.10. The summed E-state index contributed by atoms with van der Waals surface area (Å²) in [7, 11) is 1.85. The van der Waals surface area contributed by atoms with E-state index in [2.05, 4.69) is 54.4 Å². The van der Waals surface area contributed by atoms with Crippen LogP contribution in [0.25, 0.3) is 21.9 Å². The van der Waals surface area contributed by atoms with Crippen LogP contribution in [0.4, 0.5) is 11.6 Å². The van der Waals surface area contributed by atoms with Crippen molar-refractivity contribution in [2.24, 2.45) is 0 Å². The van der Waals surface area contributed by atoms with Gasteiger partial charge in [0.2, 0.25) is 0 Å². The van der Waals surface area contributed by atoms with Crippen molar-refractivity contribution in [2.75, 3.05) is 18.1 Å². The fourth-order valence-electron chi connectivity index (χ4n) is 5.16. The van der Waals surface area contributed by atoms with Gasteiger partial charge < -0.3 is 29.8 Å². The minimum atomic E-state index is -0.679. The predicted molar refractivity (Wildman–Crippen MR) is 137 cm³/mol. The summed E-state index contributed by atoms with van der Waals surface area (Å²) in [4.78, 5) is 13.3. The van der Waals surface area contributed by atoms with Gasteiger partial charge in [0.05, 0.1) is 21.5 Å². The third kappa shape index (κ3) is 3.94. The SMILES string of the molecule is CNc1ncnc2c1ccn2[C@@H]1O[C@H](CCc2ccc3cc(Br)c(N)nc3c2)[C@H]2OC(C)(C)O[C@H]21. The number of rotatable bonds is 5. The maximum absolute atomic E-state index is 6.58. The molecule has 0 aliphatic carbocycles. The van der Waals surface area contributed by atoms with Gasteiger partial charge in [0, 0.05) is 18.6 Å². The summed E-state index contributed by atoms with van der Waals surface area (Å²) >= 11 is 3.45. The zero-order valence-electron chi connectivity index (χ0n) is 19.7. The van der Waals surface area contributed by atoms with E-state index in [0.29, 0.717) is 5.82 Å². The Morgan fingerprint density at radius 2 is 1.97 bits per heavy atom. The average molecular weight is 539 g/mol. The second kappa shape index (κ2) is 8.41. The number of ether oxygens (including phenoxy) is 3. The van der Waals surface area contributed by atoms with Crippen LogP contribution in [0.1, 0.15) is 32.1 Å². The topological polar surface area (TPSA) is 109 Å². The van der Waals surface area contributed by atoms with Crippen LogP contribution in [-0.2, 0) is 20.6 Å². The number of aryl methyl sites for hydroxylation is 1. The molecule has 2 fully saturated rings. The van der Waals surface area contributed by atoms with Crippen molar-refractivity contribution < 1.29 is 14.2 Å². The van der Waals surface area contributed by atoms with E-state index in [0.717, 1.165) is 45.1 Å². The molecular formula is C25H27BrN6O3. The Balaban J connectivity index is 1.27. The van der Waals surface area contributed by atoms with Gasteiger partial charge in [-0.25, -0.2) is 15.0 Å². The molecule has 2 saturated heterocycles. The van der Waals surface area contributed by atoms with Crippen LogP contribution in [0, 0.1) is 0 Å². The zero-order valence-corrected chi connectivity index (χ0v) is 21.3. The number of hydrogen-bond acceptors (Lipinski definition) is 8. The molecule has 3 N–H and O–H groups in total. The molecule has 182 valence electrons. The molecule has 10 heteroatoms. The Bertz CT molecular complexity index is 1420. The number of anilines is 2. The van der Waals surface area contributed by atoms with Gasteiger partial charge in [0.25, 0.3) is 0 Å². The number of nitrogen functional groups attached to an aromatic ring is 1. The van der Waals surface area contributed by atoms with Crippen molar-refractivity contribution >= 4 is 49.5 Å². The Morgan fingerprint density at radius 3 is 2.80 bits per heavy atom. The number of pyridine rings is 1. The second-order valence-electron chi connectivity index (χ2n) is 9.48. The van der Waals surface area contributed by atoms with Crippen LogP contribution in [-0.4, -0.2) is 50.7 Å². The van der Waals surface area contributed by atoms with Gasteiger partial charge in [-0.3, -0.25) is 0 Å². The van der Waals surface area contributed by atoms with Crippen LogP contribution in [0.2, 0.25) is 0 Å². The van der Waals surface area contributed by atoms with Gasteiger partial charge in [-0.2, -0.15) is 0 Å². The van der Waals surface area contributed by atoms with E-state index in [-0.39, 0.29) is 24.5 Å². The minimum Gasteiger partial charge on any atom is -0.383 e. The molecule has 5 heterocycles. The van der Waals surface area contributed by atoms with E-state index < -0.39 is 5.79 Å². The van der Waals surface area contributed by atoms with Crippen molar-refractivity contribution in [1.82, 2.24) is 19.5 Å². The molecule has 0 radical (unpaired) electrons. The first-order chi connectivity index (χ1) is 16.8. The zero-order chi connectivity index (χ0) is 24.3.